The normalized spacial score (nSPS) is 17.3. The third kappa shape index (κ3) is 8.67. The van der Waals surface area contributed by atoms with Crippen LogP contribution in [0.4, 0.5) is 4.79 Å². The SMILES string of the molecule is CCN1C(=O)N(OS(=O)(=O)OCC(C)(C)CC(C)(C)COC(=O)c2c(C)cccc2C)CCC[C@H]1C(N)=O. The maximum atomic E-state index is 12.8. The van der Waals surface area contributed by atoms with E-state index in [1.54, 1.807) is 6.92 Å². The highest BCUT2D eigenvalue weighted by Gasteiger charge is 2.37. The number of nitrogens with two attached hydrogens (primary N) is 1. The smallest absolute Gasteiger partial charge is 0.421 e. The van der Waals surface area contributed by atoms with E-state index >= 15 is 0 Å². The molecule has 3 amide bonds. The number of amides is 3. The monoisotopic (exact) mass is 555 g/mol. The predicted molar refractivity (Wildman–Crippen MR) is 141 cm³/mol. The number of likely N-dealkylation sites (N-methyl/N-ethyl adjacent to an activating group) is 1. The van der Waals surface area contributed by atoms with E-state index in [2.05, 4.69) is 0 Å². The van der Waals surface area contributed by atoms with Gasteiger partial charge in [0.2, 0.25) is 5.91 Å². The van der Waals surface area contributed by atoms with E-state index in [9.17, 15) is 22.8 Å². The van der Waals surface area contributed by atoms with E-state index in [-0.39, 0.29) is 26.3 Å². The lowest BCUT2D eigenvalue weighted by molar-refractivity contribution is -0.122. The lowest BCUT2D eigenvalue weighted by atomic mass is 9.76. The second-order valence-electron chi connectivity index (χ2n) is 11.3. The second-order valence-corrected chi connectivity index (χ2v) is 12.5. The molecule has 1 heterocycles. The van der Waals surface area contributed by atoms with Gasteiger partial charge in [0.15, 0.2) is 0 Å². The number of aryl methyl sites for hydroxylation is 2. The zero-order valence-electron chi connectivity index (χ0n) is 23.4. The number of ether oxygens (including phenoxy) is 1. The number of primary amides is 1. The highest BCUT2D eigenvalue weighted by atomic mass is 32.3. The van der Waals surface area contributed by atoms with Crippen LogP contribution in [0.5, 0.6) is 0 Å². The Balaban J connectivity index is 1.97. The largest absolute Gasteiger partial charge is 0.462 e. The summed E-state index contributed by atoms with van der Waals surface area (Å²) in [6.07, 6.45) is 1.08. The molecule has 0 aliphatic carbocycles. The fourth-order valence-electron chi connectivity index (χ4n) is 4.91. The molecule has 0 unspecified atom stereocenters. The van der Waals surface area contributed by atoms with Gasteiger partial charge < -0.3 is 15.4 Å². The minimum atomic E-state index is -4.58. The van der Waals surface area contributed by atoms with Crippen molar-refractivity contribution >= 4 is 28.3 Å². The first-order valence-corrected chi connectivity index (χ1v) is 14.0. The summed E-state index contributed by atoms with van der Waals surface area (Å²) in [5.41, 5.74) is 6.47. The van der Waals surface area contributed by atoms with Gasteiger partial charge in [0.1, 0.15) is 6.04 Å². The molecule has 0 aromatic heterocycles. The number of nitrogens with zero attached hydrogens (tertiary/aromatic N) is 2. The van der Waals surface area contributed by atoms with Gasteiger partial charge in [0.05, 0.1) is 25.3 Å². The van der Waals surface area contributed by atoms with Crippen molar-refractivity contribution in [3.05, 3.63) is 34.9 Å². The van der Waals surface area contributed by atoms with Gasteiger partial charge in [-0.2, -0.15) is 13.5 Å². The number of urea groups is 1. The molecular formula is C26H41N3O8S. The predicted octanol–water partition coefficient (Wildman–Crippen LogP) is 3.49. The van der Waals surface area contributed by atoms with Gasteiger partial charge in [-0.1, -0.05) is 45.9 Å². The first-order valence-electron chi connectivity index (χ1n) is 12.7. The fraction of sp³-hybridized carbons (Fsp3) is 0.654. The number of hydroxylamine groups is 2. The molecule has 2 N–H and O–H groups in total. The minimum absolute atomic E-state index is 0.0378. The average Bonchev–Trinajstić information content (AvgIpc) is 2.94. The summed E-state index contributed by atoms with van der Waals surface area (Å²) in [6, 6.07) is 3.98. The molecule has 0 spiro atoms. The third-order valence-corrected chi connectivity index (χ3v) is 7.12. The Morgan fingerprint density at radius 3 is 2.21 bits per heavy atom. The molecule has 0 radical (unpaired) electrons. The van der Waals surface area contributed by atoms with E-state index in [1.807, 2.05) is 59.7 Å². The van der Waals surface area contributed by atoms with Gasteiger partial charge in [-0.3, -0.25) is 4.79 Å². The van der Waals surface area contributed by atoms with Crippen LogP contribution in [-0.2, 0) is 28.4 Å². The zero-order valence-corrected chi connectivity index (χ0v) is 24.2. The lowest BCUT2D eigenvalue weighted by Gasteiger charge is -2.34. The molecule has 1 saturated heterocycles. The summed E-state index contributed by atoms with van der Waals surface area (Å²) in [4.78, 5) is 38.4. The zero-order chi connectivity index (χ0) is 28.9. The lowest BCUT2D eigenvalue weighted by Crippen LogP contribution is -2.51. The Labute approximate surface area is 225 Å². The molecule has 11 nitrogen and oxygen atoms in total. The van der Waals surface area contributed by atoms with Crippen molar-refractivity contribution in [3.8, 4) is 0 Å². The quantitative estimate of drug-likeness (QED) is 0.386. The number of rotatable bonds is 12. The molecule has 0 saturated carbocycles. The van der Waals surface area contributed by atoms with Crippen LogP contribution in [0.2, 0.25) is 0 Å². The Kier molecular flexibility index (Phi) is 10.3. The Bertz CT molecular complexity index is 1110. The molecule has 214 valence electrons. The van der Waals surface area contributed by atoms with E-state index < -0.39 is 45.2 Å². The van der Waals surface area contributed by atoms with Crippen LogP contribution in [0.25, 0.3) is 0 Å². The fourth-order valence-corrected chi connectivity index (χ4v) is 5.77. The molecule has 1 aromatic rings. The van der Waals surface area contributed by atoms with Crippen LogP contribution in [0.15, 0.2) is 18.2 Å². The highest BCUT2D eigenvalue weighted by molar-refractivity contribution is 7.81. The van der Waals surface area contributed by atoms with Crippen molar-refractivity contribution in [2.75, 3.05) is 26.3 Å². The molecule has 1 aromatic carbocycles. The van der Waals surface area contributed by atoms with Crippen molar-refractivity contribution in [2.45, 2.75) is 73.8 Å². The summed E-state index contributed by atoms with van der Waals surface area (Å²) in [5, 5.41) is 0.686. The van der Waals surface area contributed by atoms with Gasteiger partial charge >= 0.3 is 22.4 Å². The number of carbonyl (C=O) groups excluding carboxylic acids is 3. The Hall–Kier alpha value is -2.70. The third-order valence-electron chi connectivity index (χ3n) is 6.35. The molecule has 1 aliphatic rings. The number of esters is 1. The van der Waals surface area contributed by atoms with Gasteiger partial charge in [-0.25, -0.2) is 13.8 Å². The van der Waals surface area contributed by atoms with Crippen molar-refractivity contribution in [2.24, 2.45) is 16.6 Å². The van der Waals surface area contributed by atoms with Gasteiger partial charge in [-0.15, -0.1) is 4.28 Å². The van der Waals surface area contributed by atoms with Crippen molar-refractivity contribution in [1.29, 1.82) is 0 Å². The van der Waals surface area contributed by atoms with E-state index in [0.29, 0.717) is 29.9 Å². The average molecular weight is 556 g/mol. The summed E-state index contributed by atoms with van der Waals surface area (Å²) < 4.78 is 40.9. The van der Waals surface area contributed by atoms with E-state index in [0.717, 1.165) is 11.1 Å². The van der Waals surface area contributed by atoms with Crippen LogP contribution in [0, 0.1) is 24.7 Å². The molecule has 1 aliphatic heterocycles. The maximum absolute atomic E-state index is 12.8. The summed E-state index contributed by atoms with van der Waals surface area (Å²) in [6.45, 7) is 12.9. The van der Waals surface area contributed by atoms with Crippen LogP contribution in [-0.4, -0.2) is 68.6 Å². The maximum Gasteiger partial charge on any atom is 0.421 e. The van der Waals surface area contributed by atoms with Crippen molar-refractivity contribution in [1.82, 2.24) is 9.96 Å². The first kappa shape index (κ1) is 31.5. The molecule has 12 heteroatoms. The molecule has 0 bridgehead atoms. The summed E-state index contributed by atoms with van der Waals surface area (Å²) in [7, 11) is -4.58. The topological polar surface area (TPSA) is 146 Å². The molecule has 2 rings (SSSR count). The highest BCUT2D eigenvalue weighted by Crippen LogP contribution is 2.35. The Morgan fingerprint density at radius 2 is 1.66 bits per heavy atom. The number of hydrogen-bond donors (Lipinski definition) is 1. The van der Waals surface area contributed by atoms with Crippen molar-refractivity contribution < 1.29 is 36.0 Å². The standard InChI is InChI=1S/C26H41N3O8S/c1-8-28-20(22(27)30)13-10-14-29(24(28)32)37-38(33,34)36-17-26(6,7)15-25(4,5)16-35-23(31)21-18(2)11-9-12-19(21)3/h9,11-12,20H,8,10,13-17H2,1-7H3,(H2,27,30)/t20-/m0/s1. The molecular weight excluding hydrogens is 514 g/mol. The summed E-state index contributed by atoms with van der Waals surface area (Å²) >= 11 is 0. The second kappa shape index (κ2) is 12.4. The van der Waals surface area contributed by atoms with Crippen LogP contribution in [0.1, 0.15) is 75.4 Å². The van der Waals surface area contributed by atoms with E-state index in [1.165, 1.54) is 4.90 Å². The van der Waals surface area contributed by atoms with Crippen molar-refractivity contribution in [3.63, 3.8) is 0 Å². The minimum Gasteiger partial charge on any atom is -0.462 e. The van der Waals surface area contributed by atoms with Crippen LogP contribution in [0.3, 0.4) is 0 Å². The molecule has 38 heavy (non-hydrogen) atoms. The summed E-state index contributed by atoms with van der Waals surface area (Å²) in [5.74, 6) is -1.06. The van der Waals surface area contributed by atoms with Gasteiger partial charge in [0.25, 0.3) is 0 Å². The van der Waals surface area contributed by atoms with Crippen LogP contribution >= 0.6 is 0 Å². The van der Waals surface area contributed by atoms with Gasteiger partial charge in [0, 0.05) is 6.54 Å². The molecule has 1 atom stereocenters. The van der Waals surface area contributed by atoms with Crippen LogP contribution < -0.4 is 5.73 Å². The Morgan fingerprint density at radius 1 is 1.08 bits per heavy atom. The molecule has 1 fully saturated rings. The van der Waals surface area contributed by atoms with Gasteiger partial charge in [-0.05, 0) is 62.0 Å². The van der Waals surface area contributed by atoms with E-state index in [4.69, 9.17) is 18.9 Å². The first-order chi connectivity index (χ1) is 17.5. The number of hydrogen-bond acceptors (Lipinski definition) is 8. The number of carbonyl (C=O) groups is 3. The number of benzene rings is 1.